The van der Waals surface area contributed by atoms with Crippen LogP contribution in [0.15, 0.2) is 0 Å². The van der Waals surface area contributed by atoms with Gasteiger partial charge in [0.25, 0.3) is 0 Å². The predicted octanol–water partition coefficient (Wildman–Crippen LogP) is 2.95. The molecule has 2 rings (SSSR count). The first kappa shape index (κ1) is 14.6. The van der Waals surface area contributed by atoms with Gasteiger partial charge in [-0.15, -0.1) is 0 Å². The zero-order valence-electron chi connectivity index (χ0n) is 12.5. The normalized spacial score (nSPS) is 29.7. The van der Waals surface area contributed by atoms with Gasteiger partial charge in [0.15, 0.2) is 0 Å². The second-order valence-electron chi connectivity index (χ2n) is 7.43. The fourth-order valence-electron chi connectivity index (χ4n) is 2.92. The van der Waals surface area contributed by atoms with Crippen molar-refractivity contribution in [3.05, 3.63) is 0 Å². The summed E-state index contributed by atoms with van der Waals surface area (Å²) in [6.45, 7) is 5.67. The van der Waals surface area contributed by atoms with Gasteiger partial charge in [-0.1, -0.05) is 0 Å². The molecule has 110 valence electrons. The largest absolute Gasteiger partial charge is 0.444 e. The van der Waals surface area contributed by atoms with Crippen LogP contribution in [-0.2, 0) is 4.74 Å². The lowest BCUT2D eigenvalue weighted by atomic mass is 9.82. The lowest BCUT2D eigenvalue weighted by Gasteiger charge is -2.31. The molecule has 3 N–H and O–H groups in total. The third-order valence-corrected chi connectivity index (χ3v) is 4.16. The number of alkyl carbamates (subject to hydrolysis) is 1. The molecule has 2 aliphatic carbocycles. The van der Waals surface area contributed by atoms with Crippen molar-refractivity contribution in [2.45, 2.75) is 82.9 Å². The molecule has 0 radical (unpaired) electrons. The van der Waals surface area contributed by atoms with Crippen LogP contribution in [0.25, 0.3) is 0 Å². The van der Waals surface area contributed by atoms with Crippen LogP contribution < -0.4 is 11.1 Å². The molecule has 2 aliphatic rings. The van der Waals surface area contributed by atoms with Gasteiger partial charge < -0.3 is 15.8 Å². The van der Waals surface area contributed by atoms with E-state index in [9.17, 15) is 4.79 Å². The number of hydrogen-bond acceptors (Lipinski definition) is 3. The zero-order chi connectivity index (χ0) is 14.1. The molecule has 2 fully saturated rings. The van der Waals surface area contributed by atoms with Gasteiger partial charge in [-0.25, -0.2) is 4.79 Å². The number of carbonyl (C=O) groups is 1. The SMILES string of the molecule is CC(C)(C)OC(=O)NC1CCC(CC2(N)CC2)CC1. The molecule has 4 nitrogen and oxygen atoms in total. The third kappa shape index (κ3) is 5.01. The van der Waals surface area contributed by atoms with Crippen molar-refractivity contribution >= 4 is 6.09 Å². The molecule has 2 saturated carbocycles. The Hall–Kier alpha value is -0.770. The summed E-state index contributed by atoms with van der Waals surface area (Å²) in [5.41, 5.74) is 5.92. The summed E-state index contributed by atoms with van der Waals surface area (Å²) in [6.07, 6.45) is 7.75. The van der Waals surface area contributed by atoms with Gasteiger partial charge in [0.2, 0.25) is 0 Å². The second-order valence-corrected chi connectivity index (χ2v) is 7.43. The van der Waals surface area contributed by atoms with E-state index >= 15 is 0 Å². The average Bonchev–Trinajstić information content (AvgIpc) is 2.96. The van der Waals surface area contributed by atoms with Gasteiger partial charge in [0.1, 0.15) is 5.60 Å². The Morgan fingerprint density at radius 1 is 1.26 bits per heavy atom. The minimum atomic E-state index is -0.417. The summed E-state index contributed by atoms with van der Waals surface area (Å²) in [7, 11) is 0. The molecular formula is C15H28N2O2. The average molecular weight is 268 g/mol. The number of rotatable bonds is 3. The molecule has 0 aromatic rings. The number of hydrogen-bond donors (Lipinski definition) is 2. The van der Waals surface area contributed by atoms with Crippen molar-refractivity contribution in [1.82, 2.24) is 5.32 Å². The zero-order valence-corrected chi connectivity index (χ0v) is 12.5. The molecule has 0 aliphatic heterocycles. The molecule has 0 saturated heterocycles. The molecule has 0 aromatic carbocycles. The van der Waals surface area contributed by atoms with E-state index in [4.69, 9.17) is 10.5 Å². The molecule has 0 heterocycles. The van der Waals surface area contributed by atoms with Crippen LogP contribution in [0.5, 0.6) is 0 Å². The van der Waals surface area contributed by atoms with E-state index in [0.717, 1.165) is 18.8 Å². The third-order valence-electron chi connectivity index (χ3n) is 4.16. The van der Waals surface area contributed by atoms with Crippen molar-refractivity contribution in [2.24, 2.45) is 11.7 Å². The van der Waals surface area contributed by atoms with E-state index in [1.165, 1.54) is 32.1 Å². The quantitative estimate of drug-likeness (QED) is 0.827. The Labute approximate surface area is 116 Å². The van der Waals surface area contributed by atoms with Gasteiger partial charge in [-0.05, 0) is 71.6 Å². The number of carbonyl (C=O) groups excluding carboxylic acids is 1. The molecule has 0 unspecified atom stereocenters. The fourth-order valence-corrected chi connectivity index (χ4v) is 2.92. The molecule has 0 aromatic heterocycles. The topological polar surface area (TPSA) is 64.3 Å². The monoisotopic (exact) mass is 268 g/mol. The van der Waals surface area contributed by atoms with Gasteiger partial charge in [-0.2, -0.15) is 0 Å². The molecule has 0 atom stereocenters. The van der Waals surface area contributed by atoms with Gasteiger partial charge in [0, 0.05) is 11.6 Å². The summed E-state index contributed by atoms with van der Waals surface area (Å²) in [5, 5.41) is 2.98. The summed E-state index contributed by atoms with van der Waals surface area (Å²) in [5.74, 6) is 0.754. The Morgan fingerprint density at radius 2 is 1.84 bits per heavy atom. The second kappa shape index (κ2) is 5.31. The predicted molar refractivity (Wildman–Crippen MR) is 75.9 cm³/mol. The Bertz CT molecular complexity index is 324. The van der Waals surface area contributed by atoms with Crippen LogP contribution in [0.4, 0.5) is 4.79 Å². The minimum absolute atomic E-state index is 0.163. The first-order valence-electron chi connectivity index (χ1n) is 7.54. The van der Waals surface area contributed by atoms with Gasteiger partial charge in [0.05, 0.1) is 0 Å². The Balaban J connectivity index is 1.67. The van der Waals surface area contributed by atoms with Crippen molar-refractivity contribution in [3.8, 4) is 0 Å². The maximum absolute atomic E-state index is 11.7. The van der Waals surface area contributed by atoms with Gasteiger partial charge in [-0.3, -0.25) is 0 Å². The van der Waals surface area contributed by atoms with Crippen LogP contribution in [-0.4, -0.2) is 23.3 Å². The molecule has 0 bridgehead atoms. The summed E-state index contributed by atoms with van der Waals surface area (Å²) in [6, 6.07) is 0.277. The van der Waals surface area contributed by atoms with Crippen LogP contribution in [0.2, 0.25) is 0 Å². The first-order chi connectivity index (χ1) is 8.76. The fraction of sp³-hybridized carbons (Fsp3) is 0.933. The standard InChI is InChI=1S/C15H28N2O2/c1-14(2,3)19-13(18)17-12-6-4-11(5-7-12)10-15(16)8-9-15/h11-12H,4-10,16H2,1-3H3,(H,17,18). The summed E-state index contributed by atoms with van der Waals surface area (Å²) < 4.78 is 5.29. The van der Waals surface area contributed by atoms with Crippen molar-refractivity contribution < 1.29 is 9.53 Å². The highest BCUT2D eigenvalue weighted by atomic mass is 16.6. The number of nitrogens with two attached hydrogens (primary N) is 1. The lowest BCUT2D eigenvalue weighted by molar-refractivity contribution is 0.0486. The lowest BCUT2D eigenvalue weighted by Crippen LogP contribution is -2.41. The molecule has 1 amide bonds. The molecular weight excluding hydrogens is 240 g/mol. The maximum atomic E-state index is 11.7. The molecule has 19 heavy (non-hydrogen) atoms. The highest BCUT2D eigenvalue weighted by molar-refractivity contribution is 5.68. The van der Waals surface area contributed by atoms with Crippen LogP contribution in [0, 0.1) is 5.92 Å². The summed E-state index contributed by atoms with van der Waals surface area (Å²) in [4.78, 5) is 11.7. The summed E-state index contributed by atoms with van der Waals surface area (Å²) >= 11 is 0. The van der Waals surface area contributed by atoms with Crippen molar-refractivity contribution in [1.29, 1.82) is 0 Å². The van der Waals surface area contributed by atoms with Crippen LogP contribution in [0.3, 0.4) is 0 Å². The number of amides is 1. The van der Waals surface area contributed by atoms with E-state index in [0.29, 0.717) is 0 Å². The Kier molecular flexibility index (Phi) is 4.09. The highest BCUT2D eigenvalue weighted by Gasteiger charge is 2.40. The van der Waals surface area contributed by atoms with Crippen LogP contribution in [0.1, 0.15) is 65.7 Å². The number of ether oxygens (including phenoxy) is 1. The van der Waals surface area contributed by atoms with E-state index in [1.54, 1.807) is 0 Å². The van der Waals surface area contributed by atoms with Crippen molar-refractivity contribution in [3.63, 3.8) is 0 Å². The molecule has 4 heteroatoms. The van der Waals surface area contributed by atoms with E-state index in [1.807, 2.05) is 20.8 Å². The smallest absolute Gasteiger partial charge is 0.407 e. The van der Waals surface area contributed by atoms with E-state index in [2.05, 4.69) is 5.32 Å². The first-order valence-corrected chi connectivity index (χ1v) is 7.54. The number of nitrogens with one attached hydrogen (secondary N) is 1. The molecule has 0 spiro atoms. The van der Waals surface area contributed by atoms with Crippen LogP contribution >= 0.6 is 0 Å². The van der Waals surface area contributed by atoms with Gasteiger partial charge >= 0.3 is 6.09 Å². The Morgan fingerprint density at radius 3 is 2.32 bits per heavy atom. The highest BCUT2D eigenvalue weighted by Crippen LogP contribution is 2.41. The minimum Gasteiger partial charge on any atom is -0.444 e. The van der Waals surface area contributed by atoms with Crippen molar-refractivity contribution in [2.75, 3.05) is 0 Å². The van der Waals surface area contributed by atoms with E-state index < -0.39 is 5.60 Å². The van der Waals surface area contributed by atoms with E-state index in [-0.39, 0.29) is 17.7 Å². The maximum Gasteiger partial charge on any atom is 0.407 e.